The summed E-state index contributed by atoms with van der Waals surface area (Å²) in [6.45, 7) is 8.39. The Morgan fingerprint density at radius 2 is 2.29 bits per heavy atom. The molecule has 2 unspecified atom stereocenters. The Labute approximate surface area is 105 Å². The van der Waals surface area contributed by atoms with E-state index in [-0.39, 0.29) is 5.91 Å². The van der Waals surface area contributed by atoms with Crippen LogP contribution in [0.3, 0.4) is 0 Å². The third-order valence-electron chi connectivity index (χ3n) is 3.51. The molecule has 0 radical (unpaired) electrons. The standard InChI is InChI=1S/C13H27N3O/c1-11-5-4-8-16(10-11)12(2)9-15-13(17)6-7-14-3/h11-12,14H,4-10H2,1-3H3,(H,15,17). The molecule has 100 valence electrons. The maximum Gasteiger partial charge on any atom is 0.221 e. The average molecular weight is 241 g/mol. The van der Waals surface area contributed by atoms with Crippen LogP contribution in [0.2, 0.25) is 0 Å². The first-order chi connectivity index (χ1) is 8.13. The zero-order chi connectivity index (χ0) is 12.7. The number of hydrogen-bond acceptors (Lipinski definition) is 3. The molecule has 0 spiro atoms. The predicted octanol–water partition coefficient (Wildman–Crippen LogP) is 0.833. The van der Waals surface area contributed by atoms with Crippen LogP contribution in [0.25, 0.3) is 0 Å². The van der Waals surface area contributed by atoms with Crippen LogP contribution >= 0.6 is 0 Å². The van der Waals surface area contributed by atoms with E-state index in [0.29, 0.717) is 12.5 Å². The Bertz CT molecular complexity index is 233. The molecule has 1 amide bonds. The molecule has 0 aromatic rings. The van der Waals surface area contributed by atoms with Gasteiger partial charge in [0.25, 0.3) is 0 Å². The Morgan fingerprint density at radius 1 is 1.53 bits per heavy atom. The van der Waals surface area contributed by atoms with Gasteiger partial charge in [0.15, 0.2) is 0 Å². The molecular weight excluding hydrogens is 214 g/mol. The van der Waals surface area contributed by atoms with E-state index < -0.39 is 0 Å². The molecule has 1 aliphatic heterocycles. The van der Waals surface area contributed by atoms with Gasteiger partial charge in [-0.2, -0.15) is 0 Å². The van der Waals surface area contributed by atoms with E-state index in [4.69, 9.17) is 0 Å². The number of rotatable bonds is 6. The summed E-state index contributed by atoms with van der Waals surface area (Å²) < 4.78 is 0. The van der Waals surface area contributed by atoms with Gasteiger partial charge in [-0.15, -0.1) is 0 Å². The van der Waals surface area contributed by atoms with Gasteiger partial charge in [-0.05, 0) is 39.3 Å². The SMILES string of the molecule is CNCCC(=O)NCC(C)N1CCCC(C)C1. The smallest absolute Gasteiger partial charge is 0.221 e. The summed E-state index contributed by atoms with van der Waals surface area (Å²) in [5.74, 6) is 0.947. The fourth-order valence-electron chi connectivity index (χ4n) is 2.34. The summed E-state index contributed by atoms with van der Waals surface area (Å²) in [5, 5.41) is 5.99. The van der Waals surface area contributed by atoms with E-state index in [1.807, 2.05) is 7.05 Å². The summed E-state index contributed by atoms with van der Waals surface area (Å²) in [6.07, 6.45) is 3.20. The molecule has 1 saturated heterocycles. The van der Waals surface area contributed by atoms with Gasteiger partial charge < -0.3 is 10.6 Å². The van der Waals surface area contributed by atoms with Gasteiger partial charge in [-0.25, -0.2) is 0 Å². The highest BCUT2D eigenvalue weighted by atomic mass is 16.1. The predicted molar refractivity (Wildman–Crippen MR) is 71.0 cm³/mol. The largest absolute Gasteiger partial charge is 0.355 e. The van der Waals surface area contributed by atoms with Crippen molar-refractivity contribution in [2.75, 3.05) is 33.2 Å². The minimum Gasteiger partial charge on any atom is -0.355 e. The molecule has 0 saturated carbocycles. The second kappa shape index (κ2) is 7.67. The number of carbonyl (C=O) groups excluding carboxylic acids is 1. The zero-order valence-corrected chi connectivity index (χ0v) is 11.5. The maximum atomic E-state index is 11.5. The summed E-state index contributed by atoms with van der Waals surface area (Å²) in [6, 6.07) is 0.455. The van der Waals surface area contributed by atoms with Gasteiger partial charge in [0, 0.05) is 32.1 Å². The van der Waals surface area contributed by atoms with E-state index in [2.05, 4.69) is 29.4 Å². The molecule has 0 aliphatic carbocycles. The number of likely N-dealkylation sites (tertiary alicyclic amines) is 1. The number of amides is 1. The molecule has 4 heteroatoms. The first-order valence-electron chi connectivity index (χ1n) is 6.78. The Morgan fingerprint density at radius 3 is 2.94 bits per heavy atom. The first-order valence-corrected chi connectivity index (χ1v) is 6.78. The fourth-order valence-corrected chi connectivity index (χ4v) is 2.34. The van der Waals surface area contributed by atoms with Gasteiger partial charge >= 0.3 is 0 Å². The molecular formula is C13H27N3O. The molecule has 2 N–H and O–H groups in total. The first kappa shape index (κ1) is 14.5. The highest BCUT2D eigenvalue weighted by Gasteiger charge is 2.20. The van der Waals surface area contributed by atoms with Crippen LogP contribution in [0.5, 0.6) is 0 Å². The lowest BCUT2D eigenvalue weighted by molar-refractivity contribution is -0.121. The van der Waals surface area contributed by atoms with E-state index >= 15 is 0 Å². The van der Waals surface area contributed by atoms with Crippen LogP contribution in [0.4, 0.5) is 0 Å². The highest BCUT2D eigenvalue weighted by Crippen LogP contribution is 2.17. The molecule has 0 bridgehead atoms. The van der Waals surface area contributed by atoms with E-state index in [9.17, 15) is 4.79 Å². The van der Waals surface area contributed by atoms with Gasteiger partial charge in [0.1, 0.15) is 0 Å². The number of nitrogens with one attached hydrogen (secondary N) is 2. The third kappa shape index (κ3) is 5.50. The second-order valence-corrected chi connectivity index (χ2v) is 5.25. The molecule has 0 aromatic carbocycles. The fraction of sp³-hybridized carbons (Fsp3) is 0.923. The molecule has 1 aliphatic rings. The highest BCUT2D eigenvalue weighted by molar-refractivity contribution is 5.76. The number of piperidine rings is 1. The average Bonchev–Trinajstić information content (AvgIpc) is 2.33. The van der Waals surface area contributed by atoms with E-state index in [1.54, 1.807) is 0 Å². The summed E-state index contributed by atoms with van der Waals surface area (Å²) in [4.78, 5) is 14.0. The van der Waals surface area contributed by atoms with Crippen LogP contribution in [0.15, 0.2) is 0 Å². The number of carbonyl (C=O) groups is 1. The molecule has 1 fully saturated rings. The topological polar surface area (TPSA) is 44.4 Å². The normalized spacial score (nSPS) is 23.4. The van der Waals surface area contributed by atoms with Crippen LogP contribution in [0, 0.1) is 5.92 Å². The minimum atomic E-state index is 0.149. The third-order valence-corrected chi connectivity index (χ3v) is 3.51. The van der Waals surface area contributed by atoms with Crippen LogP contribution in [-0.4, -0.2) is 50.1 Å². The van der Waals surface area contributed by atoms with Crippen molar-refractivity contribution in [3.63, 3.8) is 0 Å². The monoisotopic (exact) mass is 241 g/mol. The molecule has 1 rings (SSSR count). The van der Waals surface area contributed by atoms with Crippen molar-refractivity contribution in [1.82, 2.24) is 15.5 Å². The van der Waals surface area contributed by atoms with Crippen molar-refractivity contribution in [2.45, 2.75) is 39.2 Å². The van der Waals surface area contributed by atoms with Crippen LogP contribution < -0.4 is 10.6 Å². The van der Waals surface area contributed by atoms with Crippen LogP contribution in [-0.2, 0) is 4.79 Å². The summed E-state index contributed by atoms with van der Waals surface area (Å²) >= 11 is 0. The van der Waals surface area contributed by atoms with Crippen molar-refractivity contribution < 1.29 is 4.79 Å². The Kier molecular flexibility index (Phi) is 6.52. The summed E-state index contributed by atoms with van der Waals surface area (Å²) in [7, 11) is 1.87. The molecule has 4 nitrogen and oxygen atoms in total. The summed E-state index contributed by atoms with van der Waals surface area (Å²) in [5.41, 5.74) is 0. The van der Waals surface area contributed by atoms with Gasteiger partial charge in [-0.1, -0.05) is 6.92 Å². The van der Waals surface area contributed by atoms with Crippen molar-refractivity contribution in [2.24, 2.45) is 5.92 Å². The van der Waals surface area contributed by atoms with Gasteiger partial charge in [-0.3, -0.25) is 9.69 Å². The zero-order valence-electron chi connectivity index (χ0n) is 11.5. The maximum absolute atomic E-state index is 11.5. The molecule has 0 aromatic heterocycles. The number of nitrogens with zero attached hydrogens (tertiary/aromatic N) is 1. The van der Waals surface area contributed by atoms with E-state index in [0.717, 1.165) is 19.0 Å². The minimum absolute atomic E-state index is 0.149. The van der Waals surface area contributed by atoms with Gasteiger partial charge in [0.05, 0.1) is 0 Å². The van der Waals surface area contributed by atoms with Gasteiger partial charge in [0.2, 0.25) is 5.91 Å². The second-order valence-electron chi connectivity index (χ2n) is 5.25. The quantitative estimate of drug-likeness (QED) is 0.724. The molecule has 2 atom stereocenters. The number of hydrogen-bond donors (Lipinski definition) is 2. The Balaban J connectivity index is 2.19. The molecule has 1 heterocycles. The van der Waals surface area contributed by atoms with Crippen LogP contribution in [0.1, 0.15) is 33.1 Å². The van der Waals surface area contributed by atoms with E-state index in [1.165, 1.54) is 25.9 Å². The van der Waals surface area contributed by atoms with Crippen molar-refractivity contribution in [1.29, 1.82) is 0 Å². The lowest BCUT2D eigenvalue weighted by atomic mass is 9.99. The molecule has 17 heavy (non-hydrogen) atoms. The lowest BCUT2D eigenvalue weighted by Crippen LogP contribution is -2.46. The van der Waals surface area contributed by atoms with Crippen molar-refractivity contribution in [3.8, 4) is 0 Å². The van der Waals surface area contributed by atoms with Crippen molar-refractivity contribution >= 4 is 5.91 Å². The Hall–Kier alpha value is -0.610. The lowest BCUT2D eigenvalue weighted by Gasteiger charge is -2.35. The van der Waals surface area contributed by atoms with Crippen molar-refractivity contribution in [3.05, 3.63) is 0 Å².